The molecule has 1 saturated heterocycles. The molecule has 2 rings (SSSR count). The lowest BCUT2D eigenvalue weighted by atomic mass is 10.0. The highest BCUT2D eigenvalue weighted by Gasteiger charge is 2.34. The second kappa shape index (κ2) is 9.17. The summed E-state index contributed by atoms with van der Waals surface area (Å²) in [7, 11) is 1.27. The zero-order chi connectivity index (χ0) is 20.1. The van der Waals surface area contributed by atoms with Gasteiger partial charge in [0.05, 0.1) is 7.11 Å². The first-order valence-corrected chi connectivity index (χ1v) is 9.20. The minimum Gasteiger partial charge on any atom is -0.467 e. The van der Waals surface area contributed by atoms with E-state index in [0.717, 1.165) is 0 Å². The van der Waals surface area contributed by atoms with Crippen LogP contribution in [0.1, 0.15) is 38.7 Å². The summed E-state index contributed by atoms with van der Waals surface area (Å²) in [4.78, 5) is 38.0. The molecule has 6 nitrogen and oxygen atoms in total. The summed E-state index contributed by atoms with van der Waals surface area (Å²) in [5.41, 5.74) is 0.565. The molecule has 0 aromatic heterocycles. The molecule has 0 unspecified atom stereocenters. The maximum atomic E-state index is 13.5. The van der Waals surface area contributed by atoms with Crippen molar-refractivity contribution >= 4 is 29.4 Å². The van der Waals surface area contributed by atoms with E-state index in [4.69, 9.17) is 16.3 Å². The minimum atomic E-state index is -0.741. The van der Waals surface area contributed by atoms with Gasteiger partial charge in [-0.1, -0.05) is 25.4 Å². The first-order chi connectivity index (χ1) is 12.7. The fourth-order valence-electron chi connectivity index (χ4n) is 3.19. The second-order valence-electron chi connectivity index (χ2n) is 7.01. The van der Waals surface area contributed by atoms with Gasteiger partial charge in [-0.25, -0.2) is 9.18 Å². The van der Waals surface area contributed by atoms with Crippen LogP contribution < -0.4 is 5.32 Å². The molecular formula is C19H24ClFN2O4. The van der Waals surface area contributed by atoms with Crippen molar-refractivity contribution in [1.82, 2.24) is 10.2 Å². The molecule has 1 aliphatic rings. The number of carbonyl (C=O) groups excluding carboxylic acids is 3. The summed E-state index contributed by atoms with van der Waals surface area (Å²) in [5, 5.41) is 2.93. The molecule has 1 aliphatic heterocycles. The van der Waals surface area contributed by atoms with Crippen LogP contribution in [0.4, 0.5) is 4.39 Å². The Balaban J connectivity index is 2.04. The van der Waals surface area contributed by atoms with E-state index in [1.807, 2.05) is 0 Å². The zero-order valence-electron chi connectivity index (χ0n) is 15.6. The third kappa shape index (κ3) is 5.66. The summed E-state index contributed by atoms with van der Waals surface area (Å²) in [6.45, 7) is 3.79. The third-order valence-electron chi connectivity index (χ3n) is 4.59. The van der Waals surface area contributed by atoms with Gasteiger partial charge < -0.3 is 15.0 Å². The van der Waals surface area contributed by atoms with Crippen LogP contribution in [0.15, 0.2) is 18.2 Å². The summed E-state index contributed by atoms with van der Waals surface area (Å²) in [5.74, 6) is -1.54. The maximum Gasteiger partial charge on any atom is 0.328 e. The first-order valence-electron chi connectivity index (χ1n) is 8.83. The Morgan fingerprint density at radius 2 is 2.07 bits per heavy atom. The predicted octanol–water partition coefficient (Wildman–Crippen LogP) is 2.67. The number of nitrogens with one attached hydrogen (secondary N) is 1. The molecule has 0 spiro atoms. The molecule has 0 aliphatic carbocycles. The van der Waals surface area contributed by atoms with Gasteiger partial charge >= 0.3 is 5.97 Å². The Bertz CT molecular complexity index is 705. The number of carbonyl (C=O) groups is 3. The Morgan fingerprint density at radius 1 is 1.37 bits per heavy atom. The van der Waals surface area contributed by atoms with Crippen molar-refractivity contribution in [2.24, 2.45) is 5.92 Å². The average Bonchev–Trinajstić information content (AvgIpc) is 2.91. The van der Waals surface area contributed by atoms with Crippen LogP contribution in [0.2, 0.25) is 5.02 Å². The lowest BCUT2D eigenvalue weighted by Crippen LogP contribution is -2.46. The number of amides is 2. The average molecular weight is 399 g/mol. The Morgan fingerprint density at radius 3 is 2.67 bits per heavy atom. The quantitative estimate of drug-likeness (QED) is 0.716. The molecule has 1 aromatic rings. The lowest BCUT2D eigenvalue weighted by Gasteiger charge is -2.26. The Hall–Kier alpha value is -2.15. The van der Waals surface area contributed by atoms with E-state index < -0.39 is 17.8 Å². The van der Waals surface area contributed by atoms with Gasteiger partial charge in [0.15, 0.2) is 0 Å². The number of likely N-dealkylation sites (tertiary alicyclic amines) is 1. The van der Waals surface area contributed by atoms with Gasteiger partial charge in [-0.3, -0.25) is 9.59 Å². The first kappa shape index (κ1) is 21.2. The van der Waals surface area contributed by atoms with Crippen LogP contribution in [0.25, 0.3) is 0 Å². The number of halogens is 2. The molecule has 0 saturated carbocycles. The van der Waals surface area contributed by atoms with Gasteiger partial charge in [0.25, 0.3) is 0 Å². The lowest BCUT2D eigenvalue weighted by molar-refractivity contribution is -0.146. The van der Waals surface area contributed by atoms with E-state index in [0.29, 0.717) is 18.4 Å². The molecule has 148 valence electrons. The normalized spacial score (nSPS) is 17.9. The molecular weight excluding hydrogens is 375 g/mol. The maximum absolute atomic E-state index is 13.5. The molecule has 27 heavy (non-hydrogen) atoms. The van der Waals surface area contributed by atoms with Crippen LogP contribution in [-0.2, 0) is 25.7 Å². The monoisotopic (exact) mass is 398 g/mol. The Labute approximate surface area is 163 Å². The smallest absolute Gasteiger partial charge is 0.328 e. The summed E-state index contributed by atoms with van der Waals surface area (Å²) < 4.78 is 18.3. The van der Waals surface area contributed by atoms with Crippen molar-refractivity contribution in [2.75, 3.05) is 7.11 Å². The predicted molar refractivity (Wildman–Crippen MR) is 98.4 cm³/mol. The van der Waals surface area contributed by atoms with Crippen molar-refractivity contribution in [1.29, 1.82) is 0 Å². The largest absolute Gasteiger partial charge is 0.467 e. The van der Waals surface area contributed by atoms with E-state index in [2.05, 4.69) is 5.32 Å². The van der Waals surface area contributed by atoms with Crippen molar-refractivity contribution in [3.05, 3.63) is 34.6 Å². The van der Waals surface area contributed by atoms with Gasteiger partial charge in [-0.2, -0.15) is 0 Å². The van der Waals surface area contributed by atoms with Crippen molar-refractivity contribution < 1.29 is 23.5 Å². The standard InChI is InChI=1S/C19H24ClFN2O4/c1-11(2)18(19(26)27-3)22-16(24)9-15-4-5-17(25)23(15)10-12-6-13(20)8-14(21)7-12/h6-8,11,15,18H,4-5,9-10H2,1-3H3,(H,22,24)/t15-,18-/m0/s1. The van der Waals surface area contributed by atoms with Crippen LogP contribution in [0.3, 0.4) is 0 Å². The zero-order valence-corrected chi connectivity index (χ0v) is 16.4. The third-order valence-corrected chi connectivity index (χ3v) is 4.81. The molecule has 1 N–H and O–H groups in total. The number of methoxy groups -OCH3 is 1. The van der Waals surface area contributed by atoms with E-state index in [1.165, 1.54) is 19.2 Å². The van der Waals surface area contributed by atoms with Gasteiger partial charge in [-0.05, 0) is 36.1 Å². The number of benzene rings is 1. The highest BCUT2D eigenvalue weighted by molar-refractivity contribution is 6.30. The fraction of sp³-hybridized carbons (Fsp3) is 0.526. The van der Waals surface area contributed by atoms with Gasteiger partial charge in [0.2, 0.25) is 11.8 Å². The highest BCUT2D eigenvalue weighted by Crippen LogP contribution is 2.25. The molecule has 8 heteroatoms. The number of esters is 1. The fourth-order valence-corrected chi connectivity index (χ4v) is 3.44. The van der Waals surface area contributed by atoms with E-state index >= 15 is 0 Å². The van der Waals surface area contributed by atoms with E-state index in [-0.39, 0.29) is 41.8 Å². The summed E-state index contributed by atoms with van der Waals surface area (Å²) in [6, 6.07) is 3.06. The van der Waals surface area contributed by atoms with Crippen LogP contribution in [-0.4, -0.2) is 41.9 Å². The number of ether oxygens (including phenoxy) is 1. The van der Waals surface area contributed by atoms with Gasteiger partial charge in [0, 0.05) is 30.5 Å². The molecule has 1 heterocycles. The number of hydrogen-bond acceptors (Lipinski definition) is 4. The van der Waals surface area contributed by atoms with Crippen LogP contribution in [0.5, 0.6) is 0 Å². The highest BCUT2D eigenvalue weighted by atomic mass is 35.5. The molecule has 1 aromatic carbocycles. The molecule has 0 radical (unpaired) electrons. The van der Waals surface area contributed by atoms with E-state index in [1.54, 1.807) is 24.8 Å². The summed E-state index contributed by atoms with van der Waals surface area (Å²) in [6.07, 6.45) is 0.917. The molecule has 1 fully saturated rings. The number of hydrogen-bond donors (Lipinski definition) is 1. The van der Waals surface area contributed by atoms with Crippen LogP contribution >= 0.6 is 11.6 Å². The summed E-state index contributed by atoms with van der Waals surface area (Å²) >= 11 is 5.87. The number of nitrogens with zero attached hydrogens (tertiary/aromatic N) is 1. The van der Waals surface area contributed by atoms with Crippen molar-refractivity contribution in [3.8, 4) is 0 Å². The number of rotatable bonds is 7. The molecule has 2 amide bonds. The van der Waals surface area contributed by atoms with Gasteiger partial charge in [0.1, 0.15) is 11.9 Å². The molecule has 0 bridgehead atoms. The van der Waals surface area contributed by atoms with Gasteiger partial charge in [-0.15, -0.1) is 0 Å². The Kier molecular flexibility index (Phi) is 7.18. The molecule has 2 atom stereocenters. The van der Waals surface area contributed by atoms with Crippen LogP contribution in [0, 0.1) is 11.7 Å². The topological polar surface area (TPSA) is 75.7 Å². The van der Waals surface area contributed by atoms with E-state index in [9.17, 15) is 18.8 Å². The minimum absolute atomic E-state index is 0.0645. The second-order valence-corrected chi connectivity index (χ2v) is 7.44. The van der Waals surface area contributed by atoms with Crippen molar-refractivity contribution in [3.63, 3.8) is 0 Å². The SMILES string of the molecule is COC(=O)[C@@H](NC(=O)C[C@@H]1CCC(=O)N1Cc1cc(F)cc(Cl)c1)C(C)C. The van der Waals surface area contributed by atoms with Crippen molar-refractivity contribution in [2.45, 2.75) is 51.7 Å².